The van der Waals surface area contributed by atoms with Gasteiger partial charge in [0.1, 0.15) is 0 Å². The Labute approximate surface area is 121 Å². The Bertz CT molecular complexity index is 331. The number of rotatable bonds is 4. The van der Waals surface area contributed by atoms with Crippen LogP contribution < -0.4 is 16.0 Å². The molecule has 6 heteroatoms. The van der Waals surface area contributed by atoms with E-state index in [1.807, 2.05) is 27.8 Å². The van der Waals surface area contributed by atoms with Crippen LogP contribution in [0.1, 0.15) is 33.6 Å². The van der Waals surface area contributed by atoms with Crippen LogP contribution >= 0.6 is 0 Å². The average Bonchev–Trinajstić information content (AvgIpc) is 2.29. The van der Waals surface area contributed by atoms with Crippen molar-refractivity contribution in [1.29, 1.82) is 0 Å². The molecule has 0 spiro atoms. The second-order valence-corrected chi connectivity index (χ2v) is 6.53. The van der Waals surface area contributed by atoms with E-state index in [-0.39, 0.29) is 11.4 Å². The van der Waals surface area contributed by atoms with Gasteiger partial charge in [0, 0.05) is 5.54 Å². The number of nitrogens with zero attached hydrogens (tertiary/aromatic N) is 1. The lowest BCUT2D eigenvalue weighted by atomic mass is 9.97. The summed E-state index contributed by atoms with van der Waals surface area (Å²) in [6, 6.07) is -0.424. The van der Waals surface area contributed by atoms with Crippen molar-refractivity contribution >= 4 is 11.9 Å². The highest BCUT2D eigenvalue weighted by Gasteiger charge is 2.21. The zero-order valence-electron chi connectivity index (χ0n) is 13.1. The number of hydrogen-bond donors (Lipinski definition) is 3. The molecule has 0 saturated carbocycles. The zero-order valence-corrected chi connectivity index (χ0v) is 13.1. The molecule has 1 rings (SSSR count). The van der Waals surface area contributed by atoms with Crippen LogP contribution in [-0.2, 0) is 4.79 Å². The molecule has 0 atom stereocenters. The summed E-state index contributed by atoms with van der Waals surface area (Å²) in [5.41, 5.74) is -0.337. The number of likely N-dealkylation sites (tertiary alicyclic amines) is 1. The molecule has 0 aromatic carbocycles. The minimum Gasteiger partial charge on any atom is -0.333 e. The van der Waals surface area contributed by atoms with Gasteiger partial charge in [0.15, 0.2) is 0 Å². The van der Waals surface area contributed by atoms with Crippen molar-refractivity contribution in [3.8, 4) is 0 Å². The number of nitrogens with one attached hydrogen (secondary N) is 3. The lowest BCUT2D eigenvalue weighted by Crippen LogP contribution is -2.51. The van der Waals surface area contributed by atoms with E-state index in [0.717, 1.165) is 32.5 Å². The first-order chi connectivity index (χ1) is 9.30. The van der Waals surface area contributed by atoms with Crippen molar-refractivity contribution in [3.05, 3.63) is 0 Å². The van der Waals surface area contributed by atoms with Gasteiger partial charge in [-0.25, -0.2) is 4.79 Å². The van der Waals surface area contributed by atoms with Crippen molar-refractivity contribution in [2.45, 2.75) is 39.2 Å². The molecule has 1 aliphatic rings. The van der Waals surface area contributed by atoms with E-state index in [1.165, 1.54) is 0 Å². The van der Waals surface area contributed by atoms with Crippen molar-refractivity contribution in [2.24, 2.45) is 5.92 Å². The molecule has 3 amide bonds. The van der Waals surface area contributed by atoms with Gasteiger partial charge in [0.2, 0.25) is 5.91 Å². The maximum absolute atomic E-state index is 11.8. The van der Waals surface area contributed by atoms with Gasteiger partial charge in [-0.2, -0.15) is 0 Å². The van der Waals surface area contributed by atoms with E-state index in [9.17, 15) is 9.59 Å². The number of amides is 3. The normalized spacial score (nSPS) is 17.8. The van der Waals surface area contributed by atoms with E-state index in [4.69, 9.17) is 0 Å². The summed E-state index contributed by atoms with van der Waals surface area (Å²) < 4.78 is 0. The summed E-state index contributed by atoms with van der Waals surface area (Å²) in [7, 11) is 1.97. The van der Waals surface area contributed by atoms with Gasteiger partial charge in [0.05, 0.1) is 6.54 Å². The Hall–Kier alpha value is -1.14. The standard InChI is InChI=1S/C14H28N4O2/c1-14(2,3)17-13(20)16-12(19)10-18-7-5-11(6-8-18)9-15-4/h11,15H,5-10H2,1-4H3,(H2,16,17,19,20). The summed E-state index contributed by atoms with van der Waals surface area (Å²) in [5.74, 6) is 0.460. The van der Waals surface area contributed by atoms with Crippen LogP contribution in [-0.4, -0.2) is 55.6 Å². The van der Waals surface area contributed by atoms with E-state index in [1.54, 1.807) is 0 Å². The Morgan fingerprint density at radius 2 is 1.80 bits per heavy atom. The molecule has 20 heavy (non-hydrogen) atoms. The fourth-order valence-electron chi connectivity index (χ4n) is 2.38. The molecular formula is C14H28N4O2. The first kappa shape index (κ1) is 16.9. The maximum Gasteiger partial charge on any atom is 0.321 e. The topological polar surface area (TPSA) is 73.5 Å². The zero-order chi connectivity index (χ0) is 15.2. The third-order valence-corrected chi connectivity index (χ3v) is 3.31. The average molecular weight is 284 g/mol. The highest BCUT2D eigenvalue weighted by molar-refractivity contribution is 5.95. The second-order valence-electron chi connectivity index (χ2n) is 6.53. The fraction of sp³-hybridized carbons (Fsp3) is 0.857. The third kappa shape index (κ3) is 6.86. The number of carbonyl (C=O) groups excluding carboxylic acids is 2. The SMILES string of the molecule is CNCC1CCN(CC(=O)NC(=O)NC(C)(C)C)CC1. The van der Waals surface area contributed by atoms with Crippen LogP contribution in [0.25, 0.3) is 0 Å². The molecular weight excluding hydrogens is 256 g/mol. The number of urea groups is 1. The first-order valence-corrected chi connectivity index (χ1v) is 7.29. The van der Waals surface area contributed by atoms with Crippen LogP contribution in [0.5, 0.6) is 0 Å². The summed E-state index contributed by atoms with van der Waals surface area (Å²) in [6.45, 7) is 8.80. The van der Waals surface area contributed by atoms with E-state index in [2.05, 4.69) is 20.9 Å². The number of carbonyl (C=O) groups is 2. The molecule has 3 N–H and O–H groups in total. The molecule has 1 aliphatic heterocycles. The quantitative estimate of drug-likeness (QED) is 0.704. The predicted octanol–water partition coefficient (Wildman–Crippen LogP) is 0.542. The third-order valence-electron chi connectivity index (χ3n) is 3.31. The lowest BCUT2D eigenvalue weighted by Gasteiger charge is -2.31. The molecule has 6 nitrogen and oxygen atoms in total. The van der Waals surface area contributed by atoms with Crippen molar-refractivity contribution in [3.63, 3.8) is 0 Å². The maximum atomic E-state index is 11.8. The number of imide groups is 1. The van der Waals surface area contributed by atoms with E-state index in [0.29, 0.717) is 12.5 Å². The molecule has 0 aromatic heterocycles. The largest absolute Gasteiger partial charge is 0.333 e. The Kier molecular flexibility index (Phi) is 6.42. The second kappa shape index (κ2) is 7.59. The summed E-state index contributed by atoms with van der Waals surface area (Å²) >= 11 is 0. The molecule has 1 fully saturated rings. The molecule has 0 bridgehead atoms. The minimum atomic E-state index is -0.424. The molecule has 0 unspecified atom stereocenters. The monoisotopic (exact) mass is 284 g/mol. The van der Waals surface area contributed by atoms with Crippen LogP contribution in [0.4, 0.5) is 4.79 Å². The van der Waals surface area contributed by atoms with Crippen molar-refractivity contribution in [2.75, 3.05) is 33.2 Å². The molecule has 0 aliphatic carbocycles. The first-order valence-electron chi connectivity index (χ1n) is 7.29. The summed E-state index contributed by atoms with van der Waals surface area (Å²) in [5, 5.41) is 8.28. The fourth-order valence-corrected chi connectivity index (χ4v) is 2.38. The molecule has 116 valence electrons. The van der Waals surface area contributed by atoms with Gasteiger partial charge in [-0.15, -0.1) is 0 Å². The van der Waals surface area contributed by atoms with Crippen LogP contribution in [0, 0.1) is 5.92 Å². The Morgan fingerprint density at radius 3 is 2.30 bits per heavy atom. The molecule has 1 heterocycles. The van der Waals surface area contributed by atoms with Gasteiger partial charge in [-0.1, -0.05) is 0 Å². The molecule has 1 saturated heterocycles. The van der Waals surface area contributed by atoms with Gasteiger partial charge < -0.3 is 10.6 Å². The van der Waals surface area contributed by atoms with Gasteiger partial charge >= 0.3 is 6.03 Å². The summed E-state index contributed by atoms with van der Waals surface area (Å²) in [4.78, 5) is 25.5. The number of piperidine rings is 1. The minimum absolute atomic E-state index is 0.237. The Morgan fingerprint density at radius 1 is 1.20 bits per heavy atom. The Balaban J connectivity index is 2.25. The van der Waals surface area contributed by atoms with Crippen LogP contribution in [0.2, 0.25) is 0 Å². The van der Waals surface area contributed by atoms with E-state index >= 15 is 0 Å². The highest BCUT2D eigenvalue weighted by atomic mass is 16.2. The molecule has 0 radical (unpaired) electrons. The van der Waals surface area contributed by atoms with Gasteiger partial charge in [-0.05, 0) is 66.2 Å². The molecule has 0 aromatic rings. The van der Waals surface area contributed by atoms with Gasteiger partial charge in [0.25, 0.3) is 0 Å². The van der Waals surface area contributed by atoms with Crippen molar-refractivity contribution < 1.29 is 9.59 Å². The van der Waals surface area contributed by atoms with E-state index < -0.39 is 6.03 Å². The van der Waals surface area contributed by atoms with Gasteiger partial charge in [-0.3, -0.25) is 15.0 Å². The lowest BCUT2D eigenvalue weighted by molar-refractivity contribution is -0.121. The van der Waals surface area contributed by atoms with Crippen molar-refractivity contribution in [1.82, 2.24) is 20.9 Å². The highest BCUT2D eigenvalue weighted by Crippen LogP contribution is 2.15. The van der Waals surface area contributed by atoms with Crippen LogP contribution in [0.15, 0.2) is 0 Å². The number of hydrogen-bond acceptors (Lipinski definition) is 4. The smallest absolute Gasteiger partial charge is 0.321 e. The predicted molar refractivity (Wildman–Crippen MR) is 79.5 cm³/mol. The summed E-state index contributed by atoms with van der Waals surface area (Å²) in [6.07, 6.45) is 2.20. The van der Waals surface area contributed by atoms with Crippen LogP contribution in [0.3, 0.4) is 0 Å².